The number of rotatable bonds is 5. The topological polar surface area (TPSA) is 35.5 Å². The molecular formula is C19H32O3. The van der Waals surface area contributed by atoms with E-state index in [-0.39, 0.29) is 17.7 Å². The highest BCUT2D eigenvalue weighted by Crippen LogP contribution is 2.41. The van der Waals surface area contributed by atoms with Crippen molar-refractivity contribution >= 4 is 5.97 Å². The molecule has 0 saturated carbocycles. The fourth-order valence-electron chi connectivity index (χ4n) is 2.60. The highest BCUT2D eigenvalue weighted by atomic mass is 16.5. The van der Waals surface area contributed by atoms with Crippen LogP contribution < -0.4 is 0 Å². The van der Waals surface area contributed by atoms with Crippen LogP contribution in [0.1, 0.15) is 61.3 Å². The third-order valence-electron chi connectivity index (χ3n) is 4.54. The van der Waals surface area contributed by atoms with E-state index in [1.807, 2.05) is 52.8 Å². The molecule has 3 nitrogen and oxygen atoms in total. The van der Waals surface area contributed by atoms with Crippen molar-refractivity contribution in [3.63, 3.8) is 0 Å². The lowest BCUT2D eigenvalue weighted by Gasteiger charge is -2.42. The molecule has 1 heterocycles. The summed E-state index contributed by atoms with van der Waals surface area (Å²) in [4.78, 5) is 12.9. The predicted molar refractivity (Wildman–Crippen MR) is 90.7 cm³/mol. The summed E-state index contributed by atoms with van der Waals surface area (Å²) in [7, 11) is 0. The van der Waals surface area contributed by atoms with Gasteiger partial charge in [0.25, 0.3) is 0 Å². The minimum atomic E-state index is -0.588. The second kappa shape index (κ2) is 7.45. The molecule has 1 fully saturated rings. The van der Waals surface area contributed by atoms with Crippen LogP contribution in [0.2, 0.25) is 0 Å². The molecule has 1 rings (SSSR count). The highest BCUT2D eigenvalue weighted by molar-refractivity contribution is 5.79. The van der Waals surface area contributed by atoms with Gasteiger partial charge in [-0.1, -0.05) is 37.6 Å². The Balaban J connectivity index is 3.05. The average Bonchev–Trinajstić information content (AvgIpc) is 2.43. The van der Waals surface area contributed by atoms with Crippen molar-refractivity contribution in [2.45, 2.75) is 73.0 Å². The first-order chi connectivity index (χ1) is 10.1. The Morgan fingerprint density at radius 2 is 1.91 bits per heavy atom. The summed E-state index contributed by atoms with van der Waals surface area (Å²) < 4.78 is 11.5. The van der Waals surface area contributed by atoms with Gasteiger partial charge in [0.05, 0.1) is 11.0 Å². The molecule has 2 atom stereocenters. The zero-order valence-corrected chi connectivity index (χ0v) is 15.2. The molecule has 3 heteroatoms. The molecule has 126 valence electrons. The third-order valence-corrected chi connectivity index (χ3v) is 4.54. The fourth-order valence-corrected chi connectivity index (χ4v) is 2.60. The lowest BCUT2D eigenvalue weighted by atomic mass is 9.73. The first kappa shape index (κ1) is 19.0. The van der Waals surface area contributed by atoms with E-state index in [4.69, 9.17) is 9.47 Å². The van der Waals surface area contributed by atoms with E-state index < -0.39 is 5.41 Å². The average molecular weight is 308 g/mol. The Kier molecular flexibility index (Phi) is 6.42. The van der Waals surface area contributed by atoms with Crippen molar-refractivity contribution in [1.29, 1.82) is 0 Å². The van der Waals surface area contributed by atoms with Gasteiger partial charge in [-0.05, 0) is 53.4 Å². The first-order valence-corrected chi connectivity index (χ1v) is 8.29. The van der Waals surface area contributed by atoms with Gasteiger partial charge in [-0.3, -0.25) is 4.79 Å². The van der Waals surface area contributed by atoms with Crippen LogP contribution in [-0.2, 0) is 14.3 Å². The second-order valence-electron chi connectivity index (χ2n) is 7.41. The molecule has 0 aromatic heterocycles. The van der Waals surface area contributed by atoms with Crippen LogP contribution in [0, 0.1) is 11.3 Å². The number of allylic oxidation sites excluding steroid dienone is 3. The Labute approximate surface area is 135 Å². The van der Waals surface area contributed by atoms with Gasteiger partial charge >= 0.3 is 5.97 Å². The molecule has 1 saturated heterocycles. The molecule has 22 heavy (non-hydrogen) atoms. The molecule has 2 unspecified atom stereocenters. The van der Waals surface area contributed by atoms with Crippen LogP contribution in [-0.4, -0.2) is 24.3 Å². The molecular weight excluding hydrogens is 276 g/mol. The molecule has 0 aliphatic carbocycles. The standard InChI is InChI=1S/C19H32O3/c1-8-15(4)9-10-19(11-12-21-18(6,7)13-19)17(20)22-16(5)14(2)3/h8-10,14,16H,11-13H2,1-7H3. The van der Waals surface area contributed by atoms with E-state index in [0.717, 1.165) is 5.57 Å². The summed E-state index contributed by atoms with van der Waals surface area (Å²) in [6, 6.07) is 0. The normalized spacial score (nSPS) is 27.2. The third kappa shape index (κ3) is 4.98. The maximum atomic E-state index is 12.9. The molecule has 0 aromatic carbocycles. The predicted octanol–water partition coefficient (Wildman–Crippen LogP) is 4.67. The van der Waals surface area contributed by atoms with Crippen molar-refractivity contribution in [3.8, 4) is 0 Å². The van der Waals surface area contributed by atoms with Gasteiger partial charge in [-0.2, -0.15) is 0 Å². The zero-order chi connectivity index (χ0) is 17.0. The van der Waals surface area contributed by atoms with Gasteiger partial charge < -0.3 is 9.47 Å². The number of hydrogen-bond acceptors (Lipinski definition) is 3. The quantitative estimate of drug-likeness (QED) is 0.547. The molecule has 0 N–H and O–H groups in total. The number of carbonyl (C=O) groups is 1. The van der Waals surface area contributed by atoms with Crippen LogP contribution in [0.25, 0.3) is 0 Å². The Morgan fingerprint density at radius 3 is 2.41 bits per heavy atom. The van der Waals surface area contributed by atoms with Crippen LogP contribution in [0.5, 0.6) is 0 Å². The van der Waals surface area contributed by atoms with Crippen molar-refractivity contribution in [2.75, 3.05) is 6.61 Å². The summed E-state index contributed by atoms with van der Waals surface area (Å²) in [6.45, 7) is 14.8. The van der Waals surface area contributed by atoms with Crippen LogP contribution in [0.4, 0.5) is 0 Å². The van der Waals surface area contributed by atoms with Crippen LogP contribution in [0.3, 0.4) is 0 Å². The summed E-state index contributed by atoms with van der Waals surface area (Å²) in [5.41, 5.74) is 0.246. The number of ether oxygens (including phenoxy) is 2. The monoisotopic (exact) mass is 308 g/mol. The van der Waals surface area contributed by atoms with E-state index in [0.29, 0.717) is 25.4 Å². The second-order valence-corrected chi connectivity index (χ2v) is 7.41. The summed E-state index contributed by atoms with van der Waals surface area (Å²) in [5, 5.41) is 0. The van der Waals surface area contributed by atoms with E-state index in [9.17, 15) is 4.79 Å². The largest absolute Gasteiger partial charge is 0.462 e. The van der Waals surface area contributed by atoms with E-state index in [1.54, 1.807) is 0 Å². The van der Waals surface area contributed by atoms with Crippen molar-refractivity contribution < 1.29 is 14.3 Å². The zero-order valence-electron chi connectivity index (χ0n) is 15.2. The molecule has 1 aliphatic heterocycles. The fraction of sp³-hybridized carbons (Fsp3) is 0.737. The van der Waals surface area contributed by atoms with Crippen molar-refractivity contribution in [3.05, 3.63) is 23.8 Å². The van der Waals surface area contributed by atoms with Crippen molar-refractivity contribution in [1.82, 2.24) is 0 Å². The number of esters is 1. The maximum Gasteiger partial charge on any atom is 0.316 e. The molecule has 0 amide bonds. The van der Waals surface area contributed by atoms with Gasteiger partial charge in [0, 0.05) is 6.61 Å². The molecule has 1 aliphatic rings. The summed E-state index contributed by atoms with van der Waals surface area (Å²) in [5.74, 6) is 0.195. The van der Waals surface area contributed by atoms with Crippen molar-refractivity contribution in [2.24, 2.45) is 11.3 Å². The van der Waals surface area contributed by atoms with Crippen LogP contribution >= 0.6 is 0 Å². The lowest BCUT2D eigenvalue weighted by molar-refractivity contribution is -0.173. The number of carbonyl (C=O) groups excluding carboxylic acids is 1. The van der Waals surface area contributed by atoms with Crippen LogP contribution in [0.15, 0.2) is 23.8 Å². The van der Waals surface area contributed by atoms with E-state index in [1.165, 1.54) is 0 Å². The molecule has 0 radical (unpaired) electrons. The Bertz CT molecular complexity index is 446. The smallest absolute Gasteiger partial charge is 0.316 e. The maximum absolute atomic E-state index is 12.9. The Morgan fingerprint density at radius 1 is 1.27 bits per heavy atom. The molecule has 0 bridgehead atoms. The minimum absolute atomic E-state index is 0.0773. The van der Waals surface area contributed by atoms with Gasteiger partial charge in [-0.15, -0.1) is 0 Å². The SMILES string of the molecule is CC=C(C)C=CC1(C(=O)OC(C)C(C)C)CCOC(C)(C)C1. The van der Waals surface area contributed by atoms with E-state index >= 15 is 0 Å². The van der Waals surface area contributed by atoms with Gasteiger partial charge in [0.15, 0.2) is 0 Å². The summed E-state index contributed by atoms with van der Waals surface area (Å²) >= 11 is 0. The molecule has 0 aromatic rings. The highest BCUT2D eigenvalue weighted by Gasteiger charge is 2.46. The lowest BCUT2D eigenvalue weighted by Crippen LogP contribution is -2.46. The van der Waals surface area contributed by atoms with Gasteiger partial charge in [0.2, 0.25) is 0 Å². The van der Waals surface area contributed by atoms with Gasteiger partial charge in [0.1, 0.15) is 6.10 Å². The molecule has 0 spiro atoms. The minimum Gasteiger partial charge on any atom is -0.462 e. The summed E-state index contributed by atoms with van der Waals surface area (Å²) in [6.07, 6.45) is 7.35. The van der Waals surface area contributed by atoms with Gasteiger partial charge in [-0.25, -0.2) is 0 Å². The van der Waals surface area contributed by atoms with E-state index in [2.05, 4.69) is 13.8 Å². The first-order valence-electron chi connectivity index (χ1n) is 8.29. The number of hydrogen-bond donors (Lipinski definition) is 0. The Hall–Kier alpha value is -1.09.